The maximum Gasteiger partial charge on any atom is 0.166 e. The molecule has 1 heterocycles. The minimum Gasteiger partial charge on any atom is -0.319 e. The molecule has 3 nitrogen and oxygen atoms in total. The summed E-state index contributed by atoms with van der Waals surface area (Å²) in [5.41, 5.74) is 2.12. The number of nitrogens with zero attached hydrogens (tertiary/aromatic N) is 1. The van der Waals surface area contributed by atoms with E-state index in [1.54, 1.807) is 0 Å². The van der Waals surface area contributed by atoms with Crippen LogP contribution in [-0.4, -0.2) is 22.3 Å². The highest BCUT2D eigenvalue weighted by Gasteiger charge is 2.10. The van der Waals surface area contributed by atoms with Gasteiger partial charge in [-0.25, -0.2) is 0 Å². The first-order chi connectivity index (χ1) is 8.09. The van der Waals surface area contributed by atoms with E-state index in [1.165, 1.54) is 0 Å². The van der Waals surface area contributed by atoms with Crippen molar-refractivity contribution < 1.29 is 0 Å². The molecule has 0 bridgehead atoms. The number of H-pyrrole nitrogens is 1. The number of hydrogen-bond donors (Lipinski definition) is 2. The lowest BCUT2D eigenvalue weighted by molar-refractivity contribution is 1.12. The zero-order chi connectivity index (χ0) is 13.0. The SMILES string of the molecule is C=S(C)Nc1n[nH]c2c(C)ccc(Cl)c12.CC. The van der Waals surface area contributed by atoms with Crippen molar-refractivity contribution in [2.75, 3.05) is 11.0 Å². The number of rotatable bonds is 2. The third-order valence-corrected chi connectivity index (χ3v) is 3.01. The molecule has 0 radical (unpaired) electrons. The Morgan fingerprint density at radius 3 is 2.65 bits per heavy atom. The fourth-order valence-electron chi connectivity index (χ4n) is 1.46. The third kappa shape index (κ3) is 3.01. The summed E-state index contributed by atoms with van der Waals surface area (Å²) in [6.45, 7) is 6.02. The summed E-state index contributed by atoms with van der Waals surface area (Å²) in [6, 6.07) is 3.86. The van der Waals surface area contributed by atoms with Crippen LogP contribution in [0.5, 0.6) is 0 Å². The number of benzene rings is 1. The van der Waals surface area contributed by atoms with E-state index < -0.39 is 0 Å². The van der Waals surface area contributed by atoms with Crippen LogP contribution in [0.25, 0.3) is 10.9 Å². The lowest BCUT2D eigenvalue weighted by Gasteiger charge is -2.03. The van der Waals surface area contributed by atoms with Crippen LogP contribution in [0.2, 0.25) is 5.02 Å². The van der Waals surface area contributed by atoms with E-state index in [0.29, 0.717) is 5.02 Å². The molecule has 94 valence electrons. The molecule has 0 fully saturated rings. The zero-order valence-electron chi connectivity index (χ0n) is 10.6. The number of hydrogen-bond acceptors (Lipinski definition) is 2. The highest BCUT2D eigenvalue weighted by molar-refractivity contribution is 8.14. The second-order valence-corrected chi connectivity index (χ2v) is 5.31. The Labute approximate surface area is 110 Å². The van der Waals surface area contributed by atoms with Crippen molar-refractivity contribution in [2.24, 2.45) is 0 Å². The molecule has 2 N–H and O–H groups in total. The molecule has 1 aromatic carbocycles. The zero-order valence-corrected chi connectivity index (χ0v) is 12.2. The molecular formula is C12H18ClN3S. The van der Waals surface area contributed by atoms with Gasteiger partial charge in [-0.3, -0.25) is 5.10 Å². The van der Waals surface area contributed by atoms with E-state index in [1.807, 2.05) is 39.2 Å². The second kappa shape index (κ2) is 6.07. The van der Waals surface area contributed by atoms with Gasteiger partial charge in [-0.1, -0.05) is 37.4 Å². The van der Waals surface area contributed by atoms with Crippen LogP contribution in [0, 0.1) is 6.92 Å². The topological polar surface area (TPSA) is 40.7 Å². The van der Waals surface area contributed by atoms with Crippen LogP contribution in [0.3, 0.4) is 0 Å². The van der Waals surface area contributed by atoms with Crippen molar-refractivity contribution >= 4 is 44.9 Å². The second-order valence-electron chi connectivity index (χ2n) is 3.43. The molecule has 0 aliphatic rings. The smallest absolute Gasteiger partial charge is 0.166 e. The van der Waals surface area contributed by atoms with Gasteiger partial charge in [0.15, 0.2) is 5.82 Å². The van der Waals surface area contributed by atoms with E-state index in [9.17, 15) is 0 Å². The van der Waals surface area contributed by atoms with Crippen LogP contribution in [0.15, 0.2) is 12.1 Å². The van der Waals surface area contributed by atoms with E-state index in [-0.39, 0.29) is 10.7 Å². The fourth-order valence-corrected chi connectivity index (χ4v) is 2.19. The molecule has 0 aliphatic carbocycles. The Kier molecular flexibility index (Phi) is 5.02. The summed E-state index contributed by atoms with van der Waals surface area (Å²) in [5, 5.41) is 8.84. The van der Waals surface area contributed by atoms with Crippen LogP contribution in [-0.2, 0) is 0 Å². The molecule has 0 spiro atoms. The van der Waals surface area contributed by atoms with E-state index in [4.69, 9.17) is 11.6 Å². The average molecular weight is 272 g/mol. The van der Waals surface area contributed by atoms with Gasteiger partial charge in [0.25, 0.3) is 0 Å². The molecule has 0 aliphatic heterocycles. The number of aromatic amines is 1. The molecule has 0 amide bonds. The van der Waals surface area contributed by atoms with Gasteiger partial charge < -0.3 is 4.72 Å². The number of halogens is 1. The summed E-state index contributed by atoms with van der Waals surface area (Å²) in [7, 11) is -0.157. The Morgan fingerprint density at radius 1 is 1.41 bits per heavy atom. The van der Waals surface area contributed by atoms with Gasteiger partial charge in [0.1, 0.15) is 0 Å². The van der Waals surface area contributed by atoms with Crippen molar-refractivity contribution in [2.45, 2.75) is 20.8 Å². The van der Waals surface area contributed by atoms with Crippen LogP contribution in [0.4, 0.5) is 5.82 Å². The Bertz CT molecular complexity index is 534. The maximum atomic E-state index is 6.14. The lowest BCUT2D eigenvalue weighted by atomic mass is 10.1. The molecule has 17 heavy (non-hydrogen) atoms. The Morgan fingerprint density at radius 2 is 2.06 bits per heavy atom. The maximum absolute atomic E-state index is 6.14. The predicted octanol–water partition coefficient (Wildman–Crippen LogP) is 4.21. The number of nitrogens with one attached hydrogen (secondary N) is 2. The Balaban J connectivity index is 0.000000686. The largest absolute Gasteiger partial charge is 0.319 e. The van der Waals surface area contributed by atoms with Gasteiger partial charge in [-0.05, 0) is 24.8 Å². The summed E-state index contributed by atoms with van der Waals surface area (Å²) >= 11 is 6.14. The summed E-state index contributed by atoms with van der Waals surface area (Å²) in [6.07, 6.45) is 1.99. The summed E-state index contributed by atoms with van der Waals surface area (Å²) in [4.78, 5) is 0. The molecule has 0 saturated heterocycles. The number of fused-ring (bicyclic) bond motifs is 1. The fraction of sp³-hybridized carbons (Fsp3) is 0.333. The number of aromatic nitrogens is 2. The number of anilines is 1. The highest BCUT2D eigenvalue weighted by atomic mass is 35.5. The van der Waals surface area contributed by atoms with Crippen LogP contribution < -0.4 is 4.72 Å². The normalized spacial score (nSPS) is 11.8. The highest BCUT2D eigenvalue weighted by Crippen LogP contribution is 2.31. The summed E-state index contributed by atoms with van der Waals surface area (Å²) < 4.78 is 3.19. The van der Waals surface area contributed by atoms with Gasteiger partial charge in [0.05, 0.1) is 15.9 Å². The molecule has 2 aromatic rings. The van der Waals surface area contributed by atoms with E-state index in [0.717, 1.165) is 22.3 Å². The van der Waals surface area contributed by atoms with Crippen molar-refractivity contribution in [1.82, 2.24) is 10.2 Å². The lowest BCUT2D eigenvalue weighted by Crippen LogP contribution is -1.88. The van der Waals surface area contributed by atoms with Gasteiger partial charge >= 0.3 is 0 Å². The predicted molar refractivity (Wildman–Crippen MR) is 81.4 cm³/mol. The van der Waals surface area contributed by atoms with Crippen molar-refractivity contribution in [1.29, 1.82) is 0 Å². The van der Waals surface area contributed by atoms with Gasteiger partial charge in [-0.2, -0.15) is 5.10 Å². The molecule has 2 rings (SSSR count). The average Bonchev–Trinajstić information content (AvgIpc) is 2.71. The standard InChI is InChI=1S/C10H12ClN3S.C2H6/c1-6-4-5-7(11)8-9(6)12-13-10(8)14-15(2)3;1-2/h4-5H,2H2,1,3H3,(H2,12,13,14);1-2H3. The molecule has 1 atom stereocenters. The molecular weight excluding hydrogens is 254 g/mol. The van der Waals surface area contributed by atoms with Crippen LogP contribution in [0.1, 0.15) is 19.4 Å². The molecule has 1 aromatic heterocycles. The van der Waals surface area contributed by atoms with Crippen molar-refractivity contribution in [3.8, 4) is 0 Å². The monoisotopic (exact) mass is 271 g/mol. The molecule has 1 unspecified atom stereocenters. The van der Waals surface area contributed by atoms with Gasteiger partial charge in [0.2, 0.25) is 0 Å². The van der Waals surface area contributed by atoms with Gasteiger partial charge in [0, 0.05) is 0 Å². The Hall–Kier alpha value is -1.00. The van der Waals surface area contributed by atoms with E-state index in [2.05, 4.69) is 20.8 Å². The van der Waals surface area contributed by atoms with E-state index >= 15 is 0 Å². The first kappa shape index (κ1) is 14.1. The van der Waals surface area contributed by atoms with Crippen LogP contribution >= 0.6 is 22.3 Å². The quantitative estimate of drug-likeness (QED) is 0.804. The minimum absolute atomic E-state index is 0.157. The minimum atomic E-state index is -0.157. The first-order valence-electron chi connectivity index (χ1n) is 5.45. The molecule has 0 saturated carbocycles. The number of aryl methyl sites for hydroxylation is 1. The summed E-state index contributed by atoms with van der Waals surface area (Å²) in [5.74, 6) is 4.67. The molecule has 5 heteroatoms. The van der Waals surface area contributed by atoms with Gasteiger partial charge in [-0.15, -0.1) is 10.7 Å². The third-order valence-electron chi connectivity index (χ3n) is 2.15. The van der Waals surface area contributed by atoms with Crippen molar-refractivity contribution in [3.05, 3.63) is 22.7 Å². The van der Waals surface area contributed by atoms with Crippen molar-refractivity contribution in [3.63, 3.8) is 0 Å². The first-order valence-corrected chi connectivity index (χ1v) is 7.63.